The van der Waals surface area contributed by atoms with Gasteiger partial charge in [-0.15, -0.1) is 13.2 Å². The van der Waals surface area contributed by atoms with Gasteiger partial charge in [0.15, 0.2) is 0 Å². The normalized spacial score (nSPS) is 14.8. The molecule has 0 radical (unpaired) electrons. The van der Waals surface area contributed by atoms with E-state index in [1.54, 1.807) is 17.1 Å². The fourth-order valence-electron chi connectivity index (χ4n) is 1.05. The van der Waals surface area contributed by atoms with Crippen molar-refractivity contribution in [2.45, 2.75) is 18.9 Å². The van der Waals surface area contributed by atoms with Crippen LogP contribution in [-0.2, 0) is 0 Å². The van der Waals surface area contributed by atoms with Crippen molar-refractivity contribution in [1.82, 2.24) is 10.2 Å². The minimum atomic E-state index is -0.0118. The third kappa shape index (κ3) is 3.32. The summed E-state index contributed by atoms with van der Waals surface area (Å²) in [5.74, 6) is 0. The van der Waals surface area contributed by atoms with Crippen LogP contribution in [-0.4, -0.2) is 30.1 Å². The lowest BCUT2D eigenvalue weighted by Gasteiger charge is -2.19. The Hall–Kier alpha value is -1.25. The number of nitrogens with one attached hydrogen (secondary N) is 1. The highest BCUT2D eigenvalue weighted by Crippen LogP contribution is 2.18. The maximum absolute atomic E-state index is 11.5. The van der Waals surface area contributed by atoms with Gasteiger partial charge in [0, 0.05) is 19.1 Å². The molecule has 2 amide bonds. The number of rotatable bonds is 5. The highest BCUT2D eigenvalue weighted by molar-refractivity contribution is 5.75. The number of nitrogens with zero attached hydrogens (tertiary/aromatic N) is 1. The predicted octanol–water partition coefficient (Wildman–Crippen LogP) is 1.53. The summed E-state index contributed by atoms with van der Waals surface area (Å²) in [7, 11) is 0. The third-order valence-corrected chi connectivity index (χ3v) is 1.89. The van der Waals surface area contributed by atoms with E-state index in [9.17, 15) is 4.79 Å². The molecular formula is C10H16N2O. The second kappa shape index (κ2) is 4.70. The number of hydrogen-bond acceptors (Lipinski definition) is 1. The Morgan fingerprint density at radius 2 is 1.92 bits per heavy atom. The van der Waals surface area contributed by atoms with E-state index in [0.717, 1.165) is 12.8 Å². The summed E-state index contributed by atoms with van der Waals surface area (Å²) in [4.78, 5) is 13.2. The first kappa shape index (κ1) is 9.84. The zero-order chi connectivity index (χ0) is 9.68. The monoisotopic (exact) mass is 180 g/mol. The first-order chi connectivity index (χ1) is 6.27. The van der Waals surface area contributed by atoms with E-state index in [1.807, 2.05) is 0 Å². The Kier molecular flexibility index (Phi) is 3.55. The minimum Gasteiger partial charge on any atom is -0.335 e. The number of amides is 2. The standard InChI is InChI=1S/C10H16N2O/c1-3-7-12(8-4-2)10(13)11-9-5-6-9/h3-4,9H,1-2,5-8H2,(H,11,13). The summed E-state index contributed by atoms with van der Waals surface area (Å²) >= 11 is 0. The van der Waals surface area contributed by atoms with Crippen LogP contribution in [0.25, 0.3) is 0 Å². The van der Waals surface area contributed by atoms with Crippen LogP contribution in [0.1, 0.15) is 12.8 Å². The van der Waals surface area contributed by atoms with Crippen molar-refractivity contribution in [3.8, 4) is 0 Å². The molecule has 1 aliphatic rings. The van der Waals surface area contributed by atoms with Crippen molar-refractivity contribution in [3.63, 3.8) is 0 Å². The van der Waals surface area contributed by atoms with Crippen molar-refractivity contribution in [1.29, 1.82) is 0 Å². The summed E-state index contributed by atoms with van der Waals surface area (Å²) in [6, 6.07) is 0.395. The van der Waals surface area contributed by atoms with Gasteiger partial charge < -0.3 is 10.2 Å². The molecular weight excluding hydrogens is 164 g/mol. The van der Waals surface area contributed by atoms with Gasteiger partial charge in [0.2, 0.25) is 0 Å². The Labute approximate surface area is 79.1 Å². The molecule has 1 N–H and O–H groups in total. The van der Waals surface area contributed by atoms with Gasteiger partial charge in [-0.25, -0.2) is 4.79 Å². The molecule has 13 heavy (non-hydrogen) atoms. The van der Waals surface area contributed by atoms with Crippen LogP contribution in [0.3, 0.4) is 0 Å². The van der Waals surface area contributed by atoms with Crippen molar-refractivity contribution in [2.24, 2.45) is 0 Å². The van der Waals surface area contributed by atoms with Crippen molar-refractivity contribution in [2.75, 3.05) is 13.1 Å². The number of carbonyl (C=O) groups is 1. The summed E-state index contributed by atoms with van der Waals surface area (Å²) in [5, 5.41) is 2.92. The quantitative estimate of drug-likeness (QED) is 0.639. The Morgan fingerprint density at radius 3 is 2.31 bits per heavy atom. The highest BCUT2D eigenvalue weighted by Gasteiger charge is 2.24. The van der Waals surface area contributed by atoms with Crippen molar-refractivity contribution < 1.29 is 4.79 Å². The van der Waals surface area contributed by atoms with Crippen LogP contribution >= 0.6 is 0 Å². The Balaban J connectivity index is 2.35. The summed E-state index contributed by atoms with van der Waals surface area (Å²) in [6.07, 6.45) is 5.66. The fourth-order valence-corrected chi connectivity index (χ4v) is 1.05. The second-order valence-electron chi connectivity index (χ2n) is 3.21. The van der Waals surface area contributed by atoms with Crippen molar-refractivity contribution in [3.05, 3.63) is 25.3 Å². The molecule has 3 heteroatoms. The molecule has 0 aliphatic heterocycles. The van der Waals surface area contributed by atoms with Gasteiger partial charge in [0.1, 0.15) is 0 Å². The zero-order valence-electron chi connectivity index (χ0n) is 7.83. The van der Waals surface area contributed by atoms with Crippen LogP contribution in [0.4, 0.5) is 4.79 Å². The maximum atomic E-state index is 11.5. The first-order valence-electron chi connectivity index (χ1n) is 4.55. The van der Waals surface area contributed by atoms with E-state index in [2.05, 4.69) is 18.5 Å². The molecule has 1 aliphatic carbocycles. The van der Waals surface area contributed by atoms with E-state index in [0.29, 0.717) is 19.1 Å². The molecule has 0 saturated heterocycles. The molecule has 1 saturated carbocycles. The third-order valence-electron chi connectivity index (χ3n) is 1.89. The van der Waals surface area contributed by atoms with Gasteiger partial charge in [0.25, 0.3) is 0 Å². The molecule has 3 nitrogen and oxygen atoms in total. The first-order valence-corrected chi connectivity index (χ1v) is 4.55. The lowest BCUT2D eigenvalue weighted by atomic mass is 10.4. The Morgan fingerprint density at radius 1 is 1.38 bits per heavy atom. The predicted molar refractivity (Wildman–Crippen MR) is 53.5 cm³/mol. The summed E-state index contributed by atoms with van der Waals surface area (Å²) in [5.41, 5.74) is 0. The topological polar surface area (TPSA) is 32.3 Å². The van der Waals surface area contributed by atoms with Gasteiger partial charge in [-0.2, -0.15) is 0 Å². The zero-order valence-corrected chi connectivity index (χ0v) is 7.83. The van der Waals surface area contributed by atoms with E-state index >= 15 is 0 Å². The number of hydrogen-bond donors (Lipinski definition) is 1. The molecule has 0 aromatic rings. The highest BCUT2D eigenvalue weighted by atomic mass is 16.2. The fraction of sp³-hybridized carbons (Fsp3) is 0.500. The Bertz CT molecular complexity index is 199. The average molecular weight is 180 g/mol. The van der Waals surface area contributed by atoms with Crippen LogP contribution in [0, 0.1) is 0 Å². The molecule has 0 bridgehead atoms. The molecule has 0 unspecified atom stereocenters. The van der Waals surface area contributed by atoms with E-state index in [-0.39, 0.29) is 6.03 Å². The molecule has 1 fully saturated rings. The molecule has 0 aromatic carbocycles. The summed E-state index contributed by atoms with van der Waals surface area (Å²) in [6.45, 7) is 8.36. The smallest absolute Gasteiger partial charge is 0.318 e. The molecule has 72 valence electrons. The second-order valence-corrected chi connectivity index (χ2v) is 3.21. The van der Waals surface area contributed by atoms with E-state index in [4.69, 9.17) is 0 Å². The van der Waals surface area contributed by atoms with Crippen molar-refractivity contribution >= 4 is 6.03 Å². The van der Waals surface area contributed by atoms with Gasteiger partial charge in [-0.3, -0.25) is 0 Å². The van der Waals surface area contributed by atoms with Gasteiger partial charge in [-0.1, -0.05) is 12.2 Å². The molecule has 0 spiro atoms. The lowest BCUT2D eigenvalue weighted by molar-refractivity contribution is 0.208. The number of carbonyl (C=O) groups excluding carboxylic acids is 1. The van der Waals surface area contributed by atoms with Crippen LogP contribution < -0.4 is 5.32 Å². The van der Waals surface area contributed by atoms with Crippen LogP contribution in [0.2, 0.25) is 0 Å². The lowest BCUT2D eigenvalue weighted by Crippen LogP contribution is -2.41. The van der Waals surface area contributed by atoms with Crippen LogP contribution in [0.5, 0.6) is 0 Å². The maximum Gasteiger partial charge on any atom is 0.318 e. The number of urea groups is 1. The molecule has 0 aromatic heterocycles. The van der Waals surface area contributed by atoms with Gasteiger partial charge in [0.05, 0.1) is 0 Å². The largest absolute Gasteiger partial charge is 0.335 e. The SMILES string of the molecule is C=CCN(CC=C)C(=O)NC1CC1. The van der Waals surface area contributed by atoms with Gasteiger partial charge in [-0.05, 0) is 12.8 Å². The average Bonchev–Trinajstić information content (AvgIpc) is 2.88. The van der Waals surface area contributed by atoms with Crippen LogP contribution in [0.15, 0.2) is 25.3 Å². The van der Waals surface area contributed by atoms with Gasteiger partial charge >= 0.3 is 6.03 Å². The molecule has 1 rings (SSSR count). The summed E-state index contributed by atoms with van der Waals surface area (Å²) < 4.78 is 0. The molecule has 0 heterocycles. The minimum absolute atomic E-state index is 0.0118. The van der Waals surface area contributed by atoms with E-state index in [1.165, 1.54) is 0 Å². The van der Waals surface area contributed by atoms with E-state index < -0.39 is 0 Å². The molecule has 0 atom stereocenters.